The molecule has 0 N–H and O–H groups in total. The third-order valence-electron chi connectivity index (χ3n) is 7.40. The molecule has 4 aliphatic carbocycles. The minimum atomic E-state index is 0.358. The molecular weight excluding hydrogens is 196 g/mol. The number of hydrogen-bond acceptors (Lipinski definition) is 1. The van der Waals surface area contributed by atoms with Gasteiger partial charge in [-0.05, 0) is 46.8 Å². The van der Waals surface area contributed by atoms with E-state index in [-0.39, 0.29) is 0 Å². The van der Waals surface area contributed by atoms with Gasteiger partial charge in [0.05, 0.1) is 0 Å². The summed E-state index contributed by atoms with van der Waals surface area (Å²) in [6, 6.07) is 0. The molecule has 0 aromatic heterocycles. The summed E-state index contributed by atoms with van der Waals surface area (Å²) >= 11 is 0. The molecule has 0 unspecified atom stereocenters. The van der Waals surface area contributed by atoms with Gasteiger partial charge < -0.3 is 0 Å². The number of fused-ring (bicyclic) bond motifs is 2. The Hall–Kier alpha value is -0.330. The molecule has 1 heteroatoms. The summed E-state index contributed by atoms with van der Waals surface area (Å²) in [5.41, 5.74) is 1.51. The Bertz CT molecular complexity index is 410. The van der Waals surface area contributed by atoms with Crippen molar-refractivity contribution in [1.29, 1.82) is 0 Å². The first-order chi connectivity index (χ1) is 7.38. The summed E-state index contributed by atoms with van der Waals surface area (Å²) < 4.78 is 0. The van der Waals surface area contributed by atoms with Gasteiger partial charge in [0.15, 0.2) is 0 Å². The molecule has 4 aliphatic rings. The van der Waals surface area contributed by atoms with Crippen LogP contribution < -0.4 is 0 Å². The SMILES string of the molecule is C[C@@H]1C(=O)C[C@@H]2[C@]13[C@@H]1[C@H](CC[C@@]23C)C1(C)C. The summed E-state index contributed by atoms with van der Waals surface area (Å²) in [4.78, 5) is 12.0. The zero-order valence-corrected chi connectivity index (χ0v) is 10.8. The van der Waals surface area contributed by atoms with Crippen molar-refractivity contribution in [1.82, 2.24) is 0 Å². The molecule has 0 aliphatic heterocycles. The minimum absolute atomic E-state index is 0.358. The van der Waals surface area contributed by atoms with Gasteiger partial charge in [-0.1, -0.05) is 27.7 Å². The second-order valence-corrected chi connectivity index (χ2v) is 7.74. The quantitative estimate of drug-likeness (QED) is 0.610. The summed E-state index contributed by atoms with van der Waals surface area (Å²) in [6.45, 7) is 9.58. The molecule has 0 amide bonds. The van der Waals surface area contributed by atoms with Crippen molar-refractivity contribution in [2.45, 2.75) is 47.0 Å². The van der Waals surface area contributed by atoms with E-state index >= 15 is 0 Å². The Kier molecular flexibility index (Phi) is 1.30. The van der Waals surface area contributed by atoms with Gasteiger partial charge in [-0.25, -0.2) is 0 Å². The second-order valence-electron chi connectivity index (χ2n) is 7.74. The van der Waals surface area contributed by atoms with Crippen molar-refractivity contribution in [2.24, 2.45) is 39.9 Å². The van der Waals surface area contributed by atoms with Crippen molar-refractivity contribution < 1.29 is 4.79 Å². The Morgan fingerprint density at radius 2 is 1.94 bits per heavy atom. The number of Topliss-reactive ketones (excluding diaryl/α,β-unsaturated/α-hetero) is 1. The number of carbonyl (C=O) groups excluding carboxylic acids is 1. The van der Waals surface area contributed by atoms with E-state index in [0.717, 1.165) is 24.2 Å². The van der Waals surface area contributed by atoms with Gasteiger partial charge >= 0.3 is 0 Å². The van der Waals surface area contributed by atoms with Crippen molar-refractivity contribution in [3.05, 3.63) is 0 Å². The first-order valence-electron chi connectivity index (χ1n) is 6.91. The van der Waals surface area contributed by atoms with E-state index in [1.165, 1.54) is 12.8 Å². The van der Waals surface area contributed by atoms with E-state index in [1.807, 2.05) is 0 Å². The maximum atomic E-state index is 12.0. The smallest absolute Gasteiger partial charge is 0.136 e. The van der Waals surface area contributed by atoms with Crippen LogP contribution in [0.15, 0.2) is 0 Å². The van der Waals surface area contributed by atoms with Crippen LogP contribution in [0.2, 0.25) is 0 Å². The van der Waals surface area contributed by atoms with Gasteiger partial charge in [-0.3, -0.25) is 4.79 Å². The van der Waals surface area contributed by atoms with Crippen LogP contribution in [0.5, 0.6) is 0 Å². The summed E-state index contributed by atoms with van der Waals surface area (Å²) in [7, 11) is 0. The normalized spacial score (nSPS) is 64.6. The van der Waals surface area contributed by atoms with E-state index in [1.54, 1.807) is 0 Å². The molecule has 4 fully saturated rings. The number of hydrogen-bond donors (Lipinski definition) is 0. The van der Waals surface area contributed by atoms with Crippen molar-refractivity contribution in [3.63, 3.8) is 0 Å². The average Bonchev–Trinajstić information content (AvgIpc) is 2.91. The summed E-state index contributed by atoms with van der Waals surface area (Å²) in [5.74, 6) is 3.46. The molecular formula is C15H22O. The largest absolute Gasteiger partial charge is 0.299 e. The fourth-order valence-corrected chi connectivity index (χ4v) is 6.60. The predicted octanol–water partition coefficient (Wildman–Crippen LogP) is 3.28. The zero-order valence-electron chi connectivity index (χ0n) is 10.8. The Morgan fingerprint density at radius 1 is 1.25 bits per heavy atom. The lowest BCUT2D eigenvalue weighted by molar-refractivity contribution is -0.123. The predicted molar refractivity (Wildman–Crippen MR) is 62.8 cm³/mol. The lowest BCUT2D eigenvalue weighted by Gasteiger charge is -2.31. The monoisotopic (exact) mass is 218 g/mol. The van der Waals surface area contributed by atoms with E-state index in [0.29, 0.717) is 27.9 Å². The van der Waals surface area contributed by atoms with E-state index in [9.17, 15) is 4.79 Å². The highest BCUT2D eigenvalue weighted by molar-refractivity contribution is 5.87. The molecule has 4 saturated carbocycles. The fourth-order valence-electron chi connectivity index (χ4n) is 6.60. The molecule has 88 valence electrons. The third-order valence-corrected chi connectivity index (χ3v) is 7.40. The lowest BCUT2D eigenvalue weighted by Crippen LogP contribution is -2.30. The fraction of sp³-hybridized carbons (Fsp3) is 0.933. The van der Waals surface area contributed by atoms with Crippen LogP contribution >= 0.6 is 0 Å². The van der Waals surface area contributed by atoms with Crippen LogP contribution in [0, 0.1) is 39.9 Å². The van der Waals surface area contributed by atoms with Gasteiger partial charge in [0.25, 0.3) is 0 Å². The molecule has 0 bridgehead atoms. The first kappa shape index (κ1) is 9.67. The van der Waals surface area contributed by atoms with Crippen LogP contribution in [0.3, 0.4) is 0 Å². The topological polar surface area (TPSA) is 17.1 Å². The highest BCUT2D eigenvalue weighted by atomic mass is 16.1. The van der Waals surface area contributed by atoms with Crippen molar-refractivity contribution >= 4 is 5.78 Å². The zero-order chi connectivity index (χ0) is 11.5. The molecule has 0 radical (unpaired) electrons. The van der Waals surface area contributed by atoms with E-state index in [2.05, 4.69) is 27.7 Å². The van der Waals surface area contributed by atoms with E-state index < -0.39 is 0 Å². The highest BCUT2D eigenvalue weighted by Crippen LogP contribution is 2.93. The van der Waals surface area contributed by atoms with Crippen molar-refractivity contribution in [3.8, 4) is 0 Å². The summed E-state index contributed by atoms with van der Waals surface area (Å²) in [6.07, 6.45) is 3.71. The van der Waals surface area contributed by atoms with Crippen LogP contribution in [0.1, 0.15) is 47.0 Å². The second kappa shape index (κ2) is 2.15. The summed E-state index contributed by atoms with van der Waals surface area (Å²) in [5, 5.41) is 0. The highest BCUT2D eigenvalue weighted by Gasteiger charge is 2.89. The number of rotatable bonds is 0. The maximum absolute atomic E-state index is 12.0. The molecule has 0 aromatic carbocycles. The van der Waals surface area contributed by atoms with Gasteiger partial charge in [0.1, 0.15) is 5.78 Å². The van der Waals surface area contributed by atoms with E-state index in [4.69, 9.17) is 0 Å². The average molecular weight is 218 g/mol. The molecule has 4 rings (SSSR count). The molecule has 1 spiro atoms. The molecule has 1 nitrogen and oxygen atoms in total. The Morgan fingerprint density at radius 3 is 2.62 bits per heavy atom. The molecule has 6 atom stereocenters. The van der Waals surface area contributed by atoms with Gasteiger partial charge in [0, 0.05) is 12.3 Å². The Balaban J connectivity index is 1.84. The van der Waals surface area contributed by atoms with Crippen LogP contribution in [-0.2, 0) is 4.79 Å². The van der Waals surface area contributed by atoms with Crippen LogP contribution in [0.4, 0.5) is 0 Å². The molecule has 0 saturated heterocycles. The van der Waals surface area contributed by atoms with Crippen LogP contribution in [-0.4, -0.2) is 5.78 Å². The van der Waals surface area contributed by atoms with Gasteiger partial charge in [-0.15, -0.1) is 0 Å². The molecule has 16 heavy (non-hydrogen) atoms. The minimum Gasteiger partial charge on any atom is -0.299 e. The maximum Gasteiger partial charge on any atom is 0.136 e. The number of ketones is 1. The standard InChI is InChI=1S/C15H22O/c1-8-10(16)7-11-14(4)6-5-9-12(13(9,2)3)15(8,11)14/h8-9,11-12H,5-7H2,1-4H3/t8-,9+,11+,12-,14+,15+/m1/s1. The van der Waals surface area contributed by atoms with Crippen molar-refractivity contribution in [2.75, 3.05) is 0 Å². The third kappa shape index (κ3) is 0.638. The first-order valence-corrected chi connectivity index (χ1v) is 6.91. The van der Waals surface area contributed by atoms with Crippen LogP contribution in [0.25, 0.3) is 0 Å². The van der Waals surface area contributed by atoms with Gasteiger partial charge in [0.2, 0.25) is 0 Å². The number of carbonyl (C=O) groups is 1. The molecule has 0 heterocycles. The molecule has 0 aromatic rings. The lowest BCUT2D eigenvalue weighted by atomic mass is 9.72. The van der Waals surface area contributed by atoms with Gasteiger partial charge in [-0.2, -0.15) is 0 Å². The Labute approximate surface area is 98.0 Å².